The van der Waals surface area contributed by atoms with Crippen LogP contribution in [0.5, 0.6) is 0 Å². The molecule has 2 rings (SSSR count). The van der Waals surface area contributed by atoms with Crippen LogP contribution in [0.2, 0.25) is 0 Å². The maximum atomic E-state index is 11.6. The fraction of sp³-hybridized carbons (Fsp3) is 0.286. The second kappa shape index (κ2) is 4.90. The number of aromatic nitrogens is 1. The molecule has 1 N–H and O–H groups in total. The number of hydrogen-bond acceptors (Lipinski definition) is 3. The van der Waals surface area contributed by atoms with Gasteiger partial charge in [0.25, 0.3) is 0 Å². The molecule has 3 nitrogen and oxygen atoms in total. The summed E-state index contributed by atoms with van der Waals surface area (Å²) < 4.78 is 1.13. The number of nitrogens with zero attached hydrogens (tertiary/aromatic N) is 1. The van der Waals surface area contributed by atoms with Crippen molar-refractivity contribution >= 4 is 33.5 Å². The van der Waals surface area contributed by atoms with E-state index in [2.05, 4.69) is 10.3 Å². The van der Waals surface area contributed by atoms with Crippen LogP contribution in [-0.4, -0.2) is 16.4 Å². The molecule has 0 bridgehead atoms. The summed E-state index contributed by atoms with van der Waals surface area (Å²) in [6.45, 7) is 5.86. The van der Waals surface area contributed by atoms with E-state index < -0.39 is 0 Å². The summed E-state index contributed by atoms with van der Waals surface area (Å²) in [5, 5.41) is 3.72. The van der Waals surface area contributed by atoms with E-state index in [1.54, 1.807) is 17.4 Å². The number of hydrogen-bond donors (Lipinski definition) is 1. The first-order valence-electron chi connectivity index (χ1n) is 5.80. The highest BCUT2D eigenvalue weighted by molar-refractivity contribution is 7.19. The molecule has 0 saturated carbocycles. The van der Waals surface area contributed by atoms with Crippen LogP contribution in [0.3, 0.4) is 0 Å². The number of nitrogens with one attached hydrogen (secondary N) is 1. The Labute approximate surface area is 111 Å². The first-order valence-corrected chi connectivity index (χ1v) is 6.61. The zero-order valence-electron chi connectivity index (χ0n) is 10.7. The SMILES string of the molecule is CC(C)(C)NC(=O)/C=C/c1nc2ccccc2s1. The first-order chi connectivity index (χ1) is 8.44. The van der Waals surface area contributed by atoms with E-state index in [1.807, 2.05) is 45.0 Å². The van der Waals surface area contributed by atoms with Crippen molar-refractivity contribution in [2.75, 3.05) is 0 Å². The van der Waals surface area contributed by atoms with Gasteiger partial charge in [-0.3, -0.25) is 4.79 Å². The quantitative estimate of drug-likeness (QED) is 0.842. The van der Waals surface area contributed by atoms with Gasteiger partial charge in [0.15, 0.2) is 0 Å². The van der Waals surface area contributed by atoms with Gasteiger partial charge in [-0.25, -0.2) is 4.98 Å². The van der Waals surface area contributed by atoms with Crippen molar-refractivity contribution in [2.45, 2.75) is 26.3 Å². The average molecular weight is 260 g/mol. The molecule has 18 heavy (non-hydrogen) atoms. The largest absolute Gasteiger partial charge is 0.348 e. The topological polar surface area (TPSA) is 42.0 Å². The van der Waals surface area contributed by atoms with Gasteiger partial charge in [-0.05, 0) is 39.0 Å². The Kier molecular flexibility index (Phi) is 3.48. The minimum Gasteiger partial charge on any atom is -0.348 e. The number of fused-ring (bicyclic) bond motifs is 1. The lowest BCUT2D eigenvalue weighted by molar-refractivity contribution is -0.117. The number of carbonyl (C=O) groups excluding carboxylic acids is 1. The van der Waals surface area contributed by atoms with Crippen molar-refractivity contribution in [1.29, 1.82) is 0 Å². The summed E-state index contributed by atoms with van der Waals surface area (Å²) in [5.74, 6) is -0.0956. The minimum absolute atomic E-state index is 0.0956. The summed E-state index contributed by atoms with van der Waals surface area (Å²) in [6.07, 6.45) is 3.29. The highest BCUT2D eigenvalue weighted by atomic mass is 32.1. The maximum Gasteiger partial charge on any atom is 0.244 e. The second-order valence-electron chi connectivity index (χ2n) is 5.09. The molecule has 4 heteroatoms. The van der Waals surface area contributed by atoms with Crippen molar-refractivity contribution in [2.24, 2.45) is 0 Å². The molecule has 1 aromatic heterocycles. The van der Waals surface area contributed by atoms with Crippen LogP contribution in [0.1, 0.15) is 25.8 Å². The number of rotatable bonds is 2. The minimum atomic E-state index is -0.213. The standard InChI is InChI=1S/C14H16N2OS/c1-14(2,3)16-12(17)8-9-13-15-10-6-4-5-7-11(10)18-13/h4-9H,1-3H3,(H,16,17)/b9-8+. The lowest BCUT2D eigenvalue weighted by atomic mass is 10.1. The van der Waals surface area contributed by atoms with E-state index in [1.165, 1.54) is 6.08 Å². The Bertz CT molecular complexity index is 560. The Morgan fingerprint density at radius 1 is 1.33 bits per heavy atom. The fourth-order valence-electron chi connectivity index (χ4n) is 1.52. The zero-order chi connectivity index (χ0) is 13.2. The van der Waals surface area contributed by atoms with E-state index in [-0.39, 0.29) is 11.4 Å². The van der Waals surface area contributed by atoms with Gasteiger partial charge < -0.3 is 5.32 Å². The summed E-state index contributed by atoms with van der Waals surface area (Å²) in [5.41, 5.74) is 0.757. The van der Waals surface area contributed by atoms with Gasteiger partial charge in [0.1, 0.15) is 5.01 Å². The molecule has 0 aliphatic heterocycles. The molecule has 0 saturated heterocycles. The molecule has 94 valence electrons. The Hall–Kier alpha value is -1.68. The number of thiazole rings is 1. The molecule has 1 heterocycles. The highest BCUT2D eigenvalue weighted by Gasteiger charge is 2.11. The van der Waals surface area contributed by atoms with E-state index in [4.69, 9.17) is 0 Å². The third kappa shape index (κ3) is 3.40. The van der Waals surface area contributed by atoms with Gasteiger partial charge in [-0.2, -0.15) is 0 Å². The van der Waals surface area contributed by atoms with Crippen LogP contribution < -0.4 is 5.32 Å². The third-order valence-corrected chi connectivity index (χ3v) is 3.19. The van der Waals surface area contributed by atoms with Crippen molar-refractivity contribution in [3.05, 3.63) is 35.3 Å². The van der Waals surface area contributed by atoms with E-state index >= 15 is 0 Å². The summed E-state index contributed by atoms with van der Waals surface area (Å²) in [6, 6.07) is 7.94. The molecule has 2 aromatic rings. The molecule has 0 aliphatic carbocycles. The summed E-state index contributed by atoms with van der Waals surface area (Å²) in [7, 11) is 0. The van der Waals surface area contributed by atoms with Crippen molar-refractivity contribution in [3.63, 3.8) is 0 Å². The predicted molar refractivity (Wildman–Crippen MR) is 76.5 cm³/mol. The number of benzene rings is 1. The number of para-hydroxylation sites is 1. The van der Waals surface area contributed by atoms with Crippen molar-refractivity contribution in [1.82, 2.24) is 10.3 Å². The van der Waals surface area contributed by atoms with Crippen molar-refractivity contribution in [3.8, 4) is 0 Å². The summed E-state index contributed by atoms with van der Waals surface area (Å²) >= 11 is 1.58. The van der Waals surface area contributed by atoms with Gasteiger partial charge >= 0.3 is 0 Å². The number of carbonyl (C=O) groups is 1. The van der Waals surface area contributed by atoms with E-state index in [9.17, 15) is 4.79 Å². The third-order valence-electron chi connectivity index (χ3n) is 2.19. The van der Waals surface area contributed by atoms with Crippen molar-refractivity contribution < 1.29 is 4.79 Å². The van der Waals surface area contributed by atoms with Gasteiger partial charge in [-0.1, -0.05) is 12.1 Å². The molecule has 0 atom stereocenters. The normalized spacial score (nSPS) is 12.2. The van der Waals surface area contributed by atoms with E-state index in [0.29, 0.717) is 0 Å². The predicted octanol–water partition coefficient (Wildman–Crippen LogP) is 3.22. The van der Waals surface area contributed by atoms with Crippen LogP contribution in [0.25, 0.3) is 16.3 Å². The highest BCUT2D eigenvalue weighted by Crippen LogP contribution is 2.22. The van der Waals surface area contributed by atoms with Gasteiger partial charge in [0, 0.05) is 11.6 Å². The van der Waals surface area contributed by atoms with Crippen LogP contribution in [0, 0.1) is 0 Å². The first kappa shape index (κ1) is 12.8. The molecule has 0 unspecified atom stereocenters. The fourth-order valence-corrected chi connectivity index (χ4v) is 2.39. The molecule has 1 aromatic carbocycles. The Morgan fingerprint density at radius 3 is 2.72 bits per heavy atom. The second-order valence-corrected chi connectivity index (χ2v) is 6.15. The van der Waals surface area contributed by atoms with Gasteiger partial charge in [0.2, 0.25) is 5.91 Å². The molecule has 0 aliphatic rings. The van der Waals surface area contributed by atoms with Crippen LogP contribution in [-0.2, 0) is 4.79 Å². The molecule has 0 fully saturated rings. The maximum absolute atomic E-state index is 11.6. The average Bonchev–Trinajstić information content (AvgIpc) is 2.66. The van der Waals surface area contributed by atoms with Gasteiger partial charge in [0.05, 0.1) is 10.2 Å². The molecular formula is C14H16N2OS. The molecule has 0 radical (unpaired) electrons. The summed E-state index contributed by atoms with van der Waals surface area (Å²) in [4.78, 5) is 16.1. The molecular weight excluding hydrogens is 244 g/mol. The lowest BCUT2D eigenvalue weighted by Gasteiger charge is -2.18. The zero-order valence-corrected chi connectivity index (χ0v) is 11.5. The van der Waals surface area contributed by atoms with Crippen LogP contribution in [0.15, 0.2) is 30.3 Å². The van der Waals surface area contributed by atoms with Gasteiger partial charge in [-0.15, -0.1) is 11.3 Å². The Balaban J connectivity index is 2.11. The van der Waals surface area contributed by atoms with Crippen LogP contribution in [0.4, 0.5) is 0 Å². The smallest absolute Gasteiger partial charge is 0.244 e. The Morgan fingerprint density at radius 2 is 2.06 bits per heavy atom. The molecule has 1 amide bonds. The van der Waals surface area contributed by atoms with Crippen LogP contribution >= 0.6 is 11.3 Å². The number of amides is 1. The molecule has 0 spiro atoms. The lowest BCUT2D eigenvalue weighted by Crippen LogP contribution is -2.39. The monoisotopic (exact) mass is 260 g/mol. The van der Waals surface area contributed by atoms with E-state index in [0.717, 1.165) is 15.2 Å².